The first-order valence-electron chi connectivity index (χ1n) is 6.23. The Kier molecular flexibility index (Phi) is 4.51. The van der Waals surface area contributed by atoms with Crippen LogP contribution in [-0.4, -0.2) is 12.8 Å². The van der Waals surface area contributed by atoms with E-state index in [0.717, 1.165) is 22.6 Å². The highest BCUT2D eigenvalue weighted by Crippen LogP contribution is 2.18. The first-order valence-corrected chi connectivity index (χ1v) is 6.23. The third kappa shape index (κ3) is 3.81. The lowest BCUT2D eigenvalue weighted by Gasteiger charge is -2.03. The van der Waals surface area contributed by atoms with Crippen molar-refractivity contribution in [1.29, 1.82) is 0 Å². The van der Waals surface area contributed by atoms with Crippen LogP contribution in [0.5, 0.6) is 5.75 Å². The molecule has 2 nitrogen and oxygen atoms in total. The number of benzene rings is 2. The van der Waals surface area contributed by atoms with Gasteiger partial charge in [0.15, 0.2) is 0 Å². The molecule has 19 heavy (non-hydrogen) atoms. The maximum absolute atomic E-state index is 5.49. The summed E-state index contributed by atoms with van der Waals surface area (Å²) in [5.41, 5.74) is 3.17. The number of hydrogen-bond acceptors (Lipinski definition) is 2. The van der Waals surface area contributed by atoms with Gasteiger partial charge in [0.2, 0.25) is 0 Å². The van der Waals surface area contributed by atoms with Crippen molar-refractivity contribution >= 4 is 11.9 Å². The first-order chi connectivity index (χ1) is 9.29. The maximum Gasteiger partial charge on any atom is 0.120 e. The van der Waals surface area contributed by atoms with Gasteiger partial charge in [-0.15, -0.1) is 0 Å². The standard InChI is InChI=1S/C17H17NO/c1-3-11-19-16-9-6-8-15(12-16)13-18-17-10-5-4-7-14(17)2/h3-10,12-13H,1,11H2,2H3. The Balaban J connectivity index is 2.14. The van der Waals surface area contributed by atoms with Crippen LogP contribution in [0, 0.1) is 6.92 Å². The molecule has 2 rings (SSSR count). The van der Waals surface area contributed by atoms with Crippen LogP contribution in [0.1, 0.15) is 11.1 Å². The molecule has 0 amide bonds. The van der Waals surface area contributed by atoms with Gasteiger partial charge in [0.05, 0.1) is 5.69 Å². The van der Waals surface area contributed by atoms with Crippen LogP contribution in [0.15, 0.2) is 66.2 Å². The van der Waals surface area contributed by atoms with E-state index < -0.39 is 0 Å². The number of para-hydroxylation sites is 1. The quantitative estimate of drug-likeness (QED) is 0.573. The van der Waals surface area contributed by atoms with E-state index in [1.54, 1.807) is 6.08 Å². The molecule has 2 heteroatoms. The summed E-state index contributed by atoms with van der Waals surface area (Å²) in [5, 5.41) is 0. The van der Waals surface area contributed by atoms with E-state index in [1.165, 1.54) is 0 Å². The molecule has 0 aromatic heterocycles. The Labute approximate surface area is 114 Å². The zero-order chi connectivity index (χ0) is 13.5. The Bertz CT molecular complexity index is 587. The molecule has 0 radical (unpaired) electrons. The van der Waals surface area contributed by atoms with Gasteiger partial charge in [-0.25, -0.2) is 0 Å². The van der Waals surface area contributed by atoms with Crippen molar-refractivity contribution in [3.05, 3.63) is 72.3 Å². The van der Waals surface area contributed by atoms with Gasteiger partial charge in [-0.05, 0) is 36.2 Å². The summed E-state index contributed by atoms with van der Waals surface area (Å²) in [6, 6.07) is 15.9. The summed E-state index contributed by atoms with van der Waals surface area (Å²) in [6.07, 6.45) is 3.58. The van der Waals surface area contributed by atoms with Crippen molar-refractivity contribution in [2.45, 2.75) is 6.92 Å². The van der Waals surface area contributed by atoms with E-state index in [9.17, 15) is 0 Å². The molecule has 0 aliphatic heterocycles. The first kappa shape index (κ1) is 13.1. The SMILES string of the molecule is C=CCOc1cccc(C=Nc2ccccc2C)c1. The maximum atomic E-state index is 5.49. The molecule has 0 spiro atoms. The van der Waals surface area contributed by atoms with Crippen molar-refractivity contribution in [2.24, 2.45) is 4.99 Å². The molecule has 0 fully saturated rings. The highest BCUT2D eigenvalue weighted by atomic mass is 16.5. The summed E-state index contributed by atoms with van der Waals surface area (Å²) in [4.78, 5) is 4.50. The van der Waals surface area contributed by atoms with Gasteiger partial charge in [0, 0.05) is 6.21 Å². The Hall–Kier alpha value is -2.35. The van der Waals surface area contributed by atoms with Crippen LogP contribution in [0.25, 0.3) is 0 Å². The lowest BCUT2D eigenvalue weighted by molar-refractivity contribution is 0.363. The van der Waals surface area contributed by atoms with Crippen molar-refractivity contribution < 1.29 is 4.74 Å². The fourth-order valence-electron chi connectivity index (χ4n) is 1.69. The zero-order valence-electron chi connectivity index (χ0n) is 11.0. The smallest absolute Gasteiger partial charge is 0.120 e. The van der Waals surface area contributed by atoms with E-state index >= 15 is 0 Å². The molecular weight excluding hydrogens is 234 g/mol. The van der Waals surface area contributed by atoms with Gasteiger partial charge >= 0.3 is 0 Å². The van der Waals surface area contributed by atoms with Crippen molar-refractivity contribution in [3.63, 3.8) is 0 Å². The molecule has 0 atom stereocenters. The monoisotopic (exact) mass is 251 g/mol. The van der Waals surface area contributed by atoms with E-state index in [0.29, 0.717) is 6.61 Å². The second-order valence-electron chi connectivity index (χ2n) is 4.22. The number of aliphatic imine (C=N–C) groups is 1. The topological polar surface area (TPSA) is 21.6 Å². The van der Waals surface area contributed by atoms with Gasteiger partial charge in [-0.1, -0.05) is 43.0 Å². The molecule has 96 valence electrons. The summed E-state index contributed by atoms with van der Waals surface area (Å²) >= 11 is 0. The highest BCUT2D eigenvalue weighted by Gasteiger charge is 1.95. The molecule has 0 aliphatic rings. The number of rotatable bonds is 5. The average Bonchev–Trinajstić information content (AvgIpc) is 2.45. The summed E-state index contributed by atoms with van der Waals surface area (Å²) in [6.45, 7) is 6.20. The van der Waals surface area contributed by atoms with Crippen molar-refractivity contribution in [2.75, 3.05) is 6.61 Å². The number of aryl methyl sites for hydroxylation is 1. The van der Waals surface area contributed by atoms with E-state index in [1.807, 2.05) is 48.7 Å². The summed E-state index contributed by atoms with van der Waals surface area (Å²) < 4.78 is 5.49. The normalized spacial score (nSPS) is 10.6. The molecule has 0 heterocycles. The average molecular weight is 251 g/mol. The van der Waals surface area contributed by atoms with Gasteiger partial charge < -0.3 is 4.74 Å². The molecule has 0 unspecified atom stereocenters. The van der Waals surface area contributed by atoms with Crippen molar-refractivity contribution in [1.82, 2.24) is 0 Å². The summed E-state index contributed by atoms with van der Waals surface area (Å²) in [5.74, 6) is 0.827. The molecule has 0 saturated carbocycles. The van der Waals surface area contributed by atoms with E-state index in [4.69, 9.17) is 4.74 Å². The number of nitrogens with zero attached hydrogens (tertiary/aromatic N) is 1. The molecule has 0 aliphatic carbocycles. The largest absolute Gasteiger partial charge is 0.490 e. The lowest BCUT2D eigenvalue weighted by Crippen LogP contribution is -1.93. The molecular formula is C17H17NO. The summed E-state index contributed by atoms with van der Waals surface area (Å²) in [7, 11) is 0. The second kappa shape index (κ2) is 6.55. The molecule has 0 N–H and O–H groups in total. The van der Waals surface area contributed by atoms with Crippen LogP contribution < -0.4 is 4.74 Å². The van der Waals surface area contributed by atoms with Gasteiger partial charge in [0.25, 0.3) is 0 Å². The second-order valence-corrected chi connectivity index (χ2v) is 4.22. The van der Waals surface area contributed by atoms with E-state index in [-0.39, 0.29) is 0 Å². The minimum absolute atomic E-state index is 0.512. The van der Waals surface area contributed by atoms with Gasteiger partial charge in [-0.2, -0.15) is 0 Å². The number of hydrogen-bond donors (Lipinski definition) is 0. The highest BCUT2D eigenvalue weighted by molar-refractivity contribution is 5.82. The molecule has 0 saturated heterocycles. The van der Waals surface area contributed by atoms with Gasteiger partial charge in [-0.3, -0.25) is 4.99 Å². The number of ether oxygens (including phenoxy) is 1. The lowest BCUT2D eigenvalue weighted by atomic mass is 10.2. The Morgan fingerprint density at radius 3 is 2.79 bits per heavy atom. The fraction of sp³-hybridized carbons (Fsp3) is 0.118. The third-order valence-electron chi connectivity index (χ3n) is 2.69. The van der Waals surface area contributed by atoms with E-state index in [2.05, 4.69) is 24.6 Å². The molecule has 2 aromatic rings. The van der Waals surface area contributed by atoms with Crippen LogP contribution in [-0.2, 0) is 0 Å². The van der Waals surface area contributed by atoms with Crippen LogP contribution >= 0.6 is 0 Å². The van der Waals surface area contributed by atoms with Crippen LogP contribution in [0.4, 0.5) is 5.69 Å². The zero-order valence-corrected chi connectivity index (χ0v) is 11.0. The van der Waals surface area contributed by atoms with Gasteiger partial charge in [0.1, 0.15) is 12.4 Å². The predicted molar refractivity (Wildman–Crippen MR) is 80.6 cm³/mol. The minimum Gasteiger partial charge on any atom is -0.490 e. The van der Waals surface area contributed by atoms with Crippen LogP contribution in [0.3, 0.4) is 0 Å². The minimum atomic E-state index is 0.512. The fourth-order valence-corrected chi connectivity index (χ4v) is 1.69. The third-order valence-corrected chi connectivity index (χ3v) is 2.69. The van der Waals surface area contributed by atoms with Crippen LogP contribution in [0.2, 0.25) is 0 Å². The molecule has 2 aromatic carbocycles. The Morgan fingerprint density at radius 2 is 2.00 bits per heavy atom. The van der Waals surface area contributed by atoms with Crippen molar-refractivity contribution in [3.8, 4) is 5.75 Å². The predicted octanol–water partition coefficient (Wildman–Crippen LogP) is 4.31. The Morgan fingerprint density at radius 1 is 1.16 bits per heavy atom. The molecule has 0 bridgehead atoms.